The van der Waals surface area contributed by atoms with Crippen LogP contribution in [0, 0.1) is 19.7 Å². The van der Waals surface area contributed by atoms with Gasteiger partial charge in [0.05, 0.1) is 5.69 Å². The summed E-state index contributed by atoms with van der Waals surface area (Å²) in [5, 5.41) is 7.77. The van der Waals surface area contributed by atoms with Crippen molar-refractivity contribution in [1.29, 1.82) is 0 Å². The van der Waals surface area contributed by atoms with E-state index in [0.717, 1.165) is 41.0 Å². The van der Waals surface area contributed by atoms with Crippen molar-refractivity contribution in [2.75, 3.05) is 11.4 Å². The van der Waals surface area contributed by atoms with Crippen molar-refractivity contribution >= 4 is 17.6 Å². The Balaban J connectivity index is 1.86. The lowest BCUT2D eigenvalue weighted by Gasteiger charge is -2.39. The number of nitrogens with zero attached hydrogens (tertiary/aromatic N) is 3. The number of rotatable bonds is 7. The van der Waals surface area contributed by atoms with Gasteiger partial charge in [-0.05, 0) is 56.5 Å². The molecule has 1 aliphatic rings. The third-order valence-electron chi connectivity index (χ3n) is 6.26. The number of aryl methyl sites for hydroxylation is 3. The van der Waals surface area contributed by atoms with E-state index in [0.29, 0.717) is 18.7 Å². The molecule has 6 nitrogen and oxygen atoms in total. The minimum absolute atomic E-state index is 0.179. The number of carbonyl (C=O) groups excluding carboxylic acids is 2. The lowest BCUT2D eigenvalue weighted by molar-refractivity contribution is -0.121. The SMILES string of the molecule is CCCN1C(=O)[C@@H](NC(=O)c2cccc(C)c2)[C@@H](c2ccc(F)cc2)c2c(C)nn(CCC)c21. The maximum atomic E-state index is 13.9. The number of carbonyl (C=O) groups is 2. The van der Waals surface area contributed by atoms with Crippen LogP contribution in [0.5, 0.6) is 0 Å². The van der Waals surface area contributed by atoms with Crippen LogP contribution >= 0.6 is 0 Å². The van der Waals surface area contributed by atoms with E-state index in [1.165, 1.54) is 12.1 Å². The smallest absolute Gasteiger partial charge is 0.251 e. The summed E-state index contributed by atoms with van der Waals surface area (Å²) in [6.45, 7) is 9.15. The number of anilines is 1. The first-order chi connectivity index (χ1) is 16.3. The maximum absolute atomic E-state index is 13.9. The van der Waals surface area contributed by atoms with Gasteiger partial charge in [-0.3, -0.25) is 14.5 Å². The van der Waals surface area contributed by atoms with Gasteiger partial charge in [-0.1, -0.05) is 43.7 Å². The zero-order valence-electron chi connectivity index (χ0n) is 20.1. The second kappa shape index (κ2) is 9.79. The molecule has 1 aromatic heterocycles. The second-order valence-electron chi connectivity index (χ2n) is 8.89. The molecule has 2 atom stereocenters. The van der Waals surface area contributed by atoms with Crippen LogP contribution in [0.25, 0.3) is 0 Å². The van der Waals surface area contributed by atoms with Crippen LogP contribution in [0.3, 0.4) is 0 Å². The number of benzene rings is 2. The maximum Gasteiger partial charge on any atom is 0.251 e. The third kappa shape index (κ3) is 4.34. The topological polar surface area (TPSA) is 67.2 Å². The molecule has 2 heterocycles. The Morgan fingerprint density at radius 2 is 1.76 bits per heavy atom. The molecule has 7 heteroatoms. The first-order valence-corrected chi connectivity index (χ1v) is 11.9. The van der Waals surface area contributed by atoms with E-state index >= 15 is 0 Å². The fraction of sp³-hybridized carbons (Fsp3) is 0.370. The highest BCUT2D eigenvalue weighted by molar-refractivity contribution is 6.05. The Hall–Kier alpha value is -3.48. The van der Waals surface area contributed by atoms with Crippen LogP contribution in [-0.4, -0.2) is 34.2 Å². The summed E-state index contributed by atoms with van der Waals surface area (Å²) in [5.41, 5.74) is 3.94. The van der Waals surface area contributed by atoms with E-state index in [-0.39, 0.29) is 17.6 Å². The average molecular weight is 463 g/mol. The van der Waals surface area contributed by atoms with Crippen molar-refractivity contribution in [2.45, 2.75) is 59.0 Å². The zero-order valence-corrected chi connectivity index (χ0v) is 20.1. The molecule has 0 saturated carbocycles. The first kappa shape index (κ1) is 23.7. The Morgan fingerprint density at radius 3 is 2.41 bits per heavy atom. The summed E-state index contributed by atoms with van der Waals surface area (Å²) >= 11 is 0. The minimum Gasteiger partial charge on any atom is -0.339 e. The van der Waals surface area contributed by atoms with Crippen LogP contribution in [0.15, 0.2) is 48.5 Å². The van der Waals surface area contributed by atoms with Gasteiger partial charge in [0.1, 0.15) is 17.7 Å². The molecular weight excluding hydrogens is 431 g/mol. The summed E-state index contributed by atoms with van der Waals surface area (Å²) in [4.78, 5) is 28.9. The van der Waals surface area contributed by atoms with Gasteiger partial charge in [-0.15, -0.1) is 0 Å². The number of halogens is 1. The molecule has 0 bridgehead atoms. The second-order valence-corrected chi connectivity index (χ2v) is 8.89. The summed E-state index contributed by atoms with van der Waals surface area (Å²) in [7, 11) is 0. The molecule has 0 aliphatic carbocycles. The fourth-order valence-electron chi connectivity index (χ4n) is 4.81. The van der Waals surface area contributed by atoms with Crippen molar-refractivity contribution in [1.82, 2.24) is 15.1 Å². The van der Waals surface area contributed by atoms with E-state index in [2.05, 4.69) is 12.2 Å². The molecule has 0 spiro atoms. The molecule has 34 heavy (non-hydrogen) atoms. The zero-order chi connectivity index (χ0) is 24.4. The van der Waals surface area contributed by atoms with Gasteiger partial charge in [-0.2, -0.15) is 5.10 Å². The predicted molar refractivity (Wildman–Crippen MR) is 131 cm³/mol. The third-order valence-corrected chi connectivity index (χ3v) is 6.26. The molecule has 4 rings (SSSR count). The Bertz CT molecular complexity index is 1200. The molecular formula is C27H31FN4O2. The highest BCUT2D eigenvalue weighted by atomic mass is 19.1. The predicted octanol–water partition coefficient (Wildman–Crippen LogP) is 4.74. The molecule has 1 aliphatic heterocycles. The van der Waals surface area contributed by atoms with Crippen molar-refractivity contribution in [3.63, 3.8) is 0 Å². The first-order valence-electron chi connectivity index (χ1n) is 11.9. The van der Waals surface area contributed by atoms with Crippen LogP contribution in [-0.2, 0) is 11.3 Å². The highest BCUT2D eigenvalue weighted by Crippen LogP contribution is 2.42. The standard InChI is InChI=1S/C27H31FN4O2/c1-5-14-31-26-22(18(4)30-32(26)15-6-2)23(19-10-12-21(28)13-11-19)24(27(31)34)29-25(33)20-9-7-8-17(3)16-20/h7-13,16,23-24H,5-6,14-15H2,1-4H3,(H,29,33)/t23-,24-/m0/s1. The largest absolute Gasteiger partial charge is 0.339 e. The van der Waals surface area contributed by atoms with Crippen molar-refractivity contribution < 1.29 is 14.0 Å². The molecule has 0 saturated heterocycles. The lowest BCUT2D eigenvalue weighted by atomic mass is 9.81. The van der Waals surface area contributed by atoms with Gasteiger partial charge < -0.3 is 5.32 Å². The Labute approximate surface area is 199 Å². The van der Waals surface area contributed by atoms with E-state index in [1.54, 1.807) is 29.2 Å². The molecule has 0 unspecified atom stereocenters. The summed E-state index contributed by atoms with van der Waals surface area (Å²) in [5.74, 6) is -0.538. The van der Waals surface area contributed by atoms with Gasteiger partial charge in [0.25, 0.3) is 11.8 Å². The summed E-state index contributed by atoms with van der Waals surface area (Å²) < 4.78 is 15.7. The van der Waals surface area contributed by atoms with Crippen molar-refractivity contribution in [3.05, 3.63) is 82.3 Å². The van der Waals surface area contributed by atoms with Crippen molar-refractivity contribution in [3.8, 4) is 0 Å². The summed E-state index contributed by atoms with van der Waals surface area (Å²) in [6.07, 6.45) is 1.64. The van der Waals surface area contributed by atoms with Gasteiger partial charge in [-0.25, -0.2) is 9.07 Å². The number of aromatic nitrogens is 2. The van der Waals surface area contributed by atoms with Crippen molar-refractivity contribution in [2.24, 2.45) is 0 Å². The molecule has 2 amide bonds. The normalized spacial score (nSPS) is 17.6. The summed E-state index contributed by atoms with van der Waals surface area (Å²) in [6, 6.07) is 12.6. The van der Waals surface area contributed by atoms with Gasteiger partial charge in [0.15, 0.2) is 0 Å². The monoisotopic (exact) mass is 462 g/mol. The number of nitrogens with one attached hydrogen (secondary N) is 1. The lowest BCUT2D eigenvalue weighted by Crippen LogP contribution is -2.55. The fourth-order valence-corrected chi connectivity index (χ4v) is 4.81. The Morgan fingerprint density at radius 1 is 1.06 bits per heavy atom. The van der Waals surface area contributed by atoms with Crippen LogP contribution in [0.1, 0.15) is 65.3 Å². The van der Waals surface area contributed by atoms with E-state index in [4.69, 9.17) is 5.10 Å². The quantitative estimate of drug-likeness (QED) is 0.552. The highest BCUT2D eigenvalue weighted by Gasteiger charge is 2.45. The number of hydrogen-bond donors (Lipinski definition) is 1. The Kier molecular flexibility index (Phi) is 6.82. The van der Waals surface area contributed by atoms with Crippen LogP contribution < -0.4 is 10.2 Å². The molecule has 2 aromatic carbocycles. The van der Waals surface area contributed by atoms with Crippen LogP contribution in [0.4, 0.5) is 10.2 Å². The number of fused-ring (bicyclic) bond motifs is 1. The van der Waals surface area contributed by atoms with E-state index < -0.39 is 12.0 Å². The number of amides is 2. The van der Waals surface area contributed by atoms with Gasteiger partial charge in [0.2, 0.25) is 0 Å². The van der Waals surface area contributed by atoms with Crippen LogP contribution in [0.2, 0.25) is 0 Å². The molecule has 3 aromatic rings. The van der Waals surface area contributed by atoms with Gasteiger partial charge >= 0.3 is 0 Å². The van der Waals surface area contributed by atoms with E-state index in [9.17, 15) is 14.0 Å². The van der Waals surface area contributed by atoms with E-state index in [1.807, 2.05) is 37.6 Å². The molecule has 1 N–H and O–H groups in total. The molecule has 178 valence electrons. The minimum atomic E-state index is -0.838. The molecule has 0 radical (unpaired) electrons. The molecule has 0 fully saturated rings. The average Bonchev–Trinajstić information content (AvgIpc) is 3.13. The van der Waals surface area contributed by atoms with Gasteiger partial charge in [0, 0.05) is 30.1 Å². The number of hydrogen-bond acceptors (Lipinski definition) is 3.